The molecule has 0 aromatic heterocycles. The summed E-state index contributed by atoms with van der Waals surface area (Å²) in [6.07, 6.45) is 0. The molecule has 0 fully saturated rings. The van der Waals surface area contributed by atoms with Gasteiger partial charge in [0.25, 0.3) is 0 Å². The molecule has 12 aromatic rings. The highest BCUT2D eigenvalue weighted by atomic mass is 14.5. The van der Waals surface area contributed by atoms with Gasteiger partial charge in [0, 0.05) is 0 Å². The molecule has 0 atom stereocenters. The molecule has 0 amide bonds. The van der Waals surface area contributed by atoms with Gasteiger partial charge in [-0.1, -0.05) is 194 Å². The van der Waals surface area contributed by atoms with E-state index in [4.69, 9.17) is 0 Å². The second-order valence-electron chi connectivity index (χ2n) is 16.6. The molecule has 270 valence electrons. The van der Waals surface area contributed by atoms with Gasteiger partial charge < -0.3 is 0 Å². The second kappa shape index (κ2) is 11.3. The number of fused-ring (bicyclic) bond motifs is 26. The molecular formula is C59H34. The van der Waals surface area contributed by atoms with E-state index in [1.807, 2.05) is 0 Å². The maximum Gasteiger partial charge on any atom is 0.0738 e. The lowest BCUT2D eigenvalue weighted by atomic mass is 9.68. The van der Waals surface area contributed by atoms with Crippen LogP contribution in [0.25, 0.3) is 109 Å². The molecule has 2 aliphatic rings. The summed E-state index contributed by atoms with van der Waals surface area (Å²) in [4.78, 5) is 0. The Labute approximate surface area is 341 Å². The molecule has 0 N–H and O–H groups in total. The Kier molecular flexibility index (Phi) is 6.05. The number of rotatable bonds is 1. The minimum atomic E-state index is -0.520. The van der Waals surface area contributed by atoms with Crippen molar-refractivity contribution in [2.75, 3.05) is 0 Å². The standard InChI is InChI=1S/C59H34/c1-2-17-39-37(15-1)38-16-3-4-20-42(38)51-33-35(29-31-44(39)51)36-30-32-50-52(34-36)43-21-6-9-25-48(43)56-55-47-24-8-5-18-40(47)41-19-7-10-26-49(41)57(55)59(58(50)56)53-27-13-11-22-45(53)46-23-12-14-28-54(46)59/h1-34H. The van der Waals surface area contributed by atoms with E-state index in [1.165, 1.54) is 131 Å². The van der Waals surface area contributed by atoms with E-state index in [2.05, 4.69) is 206 Å². The van der Waals surface area contributed by atoms with Gasteiger partial charge in [-0.2, -0.15) is 0 Å². The van der Waals surface area contributed by atoms with Gasteiger partial charge in [-0.25, -0.2) is 0 Å². The Morgan fingerprint density at radius 2 is 0.508 bits per heavy atom. The zero-order chi connectivity index (χ0) is 38.4. The molecule has 1 spiro atoms. The summed E-state index contributed by atoms with van der Waals surface area (Å²) in [5.41, 5.74) is 12.9. The smallest absolute Gasteiger partial charge is 0.0619 e. The molecule has 0 aliphatic heterocycles. The van der Waals surface area contributed by atoms with Crippen LogP contribution < -0.4 is 0 Å². The van der Waals surface area contributed by atoms with Crippen molar-refractivity contribution in [2.24, 2.45) is 0 Å². The van der Waals surface area contributed by atoms with Crippen LogP contribution >= 0.6 is 0 Å². The van der Waals surface area contributed by atoms with E-state index in [1.54, 1.807) is 0 Å². The van der Waals surface area contributed by atoms with Gasteiger partial charge in [0.05, 0.1) is 5.41 Å². The SMILES string of the molecule is c1ccc2c(c1)-c1ccccc1C21c2c(c3ccccc3c3ccccc23)-c2c1c1ccc(-c3ccc4c5ccccc5c5ccccc5c4c3)cc1c1ccccc21. The maximum atomic E-state index is 2.49. The summed E-state index contributed by atoms with van der Waals surface area (Å²) in [7, 11) is 0. The molecule has 0 heteroatoms. The molecule has 14 rings (SSSR count). The lowest BCUT2D eigenvalue weighted by Crippen LogP contribution is -2.26. The molecule has 59 heavy (non-hydrogen) atoms. The predicted octanol–water partition coefficient (Wildman–Crippen LogP) is 15.8. The van der Waals surface area contributed by atoms with Crippen molar-refractivity contribution in [1.29, 1.82) is 0 Å². The van der Waals surface area contributed by atoms with Gasteiger partial charge in [0.15, 0.2) is 0 Å². The van der Waals surface area contributed by atoms with Gasteiger partial charge in [-0.05, 0) is 143 Å². The van der Waals surface area contributed by atoms with Crippen LogP contribution in [0.5, 0.6) is 0 Å². The summed E-state index contributed by atoms with van der Waals surface area (Å²) < 4.78 is 0. The first-order valence-corrected chi connectivity index (χ1v) is 20.8. The third-order valence-electron chi connectivity index (χ3n) is 14.0. The van der Waals surface area contributed by atoms with Crippen LogP contribution in [0, 0.1) is 0 Å². The third kappa shape index (κ3) is 3.85. The highest BCUT2D eigenvalue weighted by molar-refractivity contribution is 6.29. The molecule has 12 aromatic carbocycles. The van der Waals surface area contributed by atoms with Crippen molar-refractivity contribution in [1.82, 2.24) is 0 Å². The van der Waals surface area contributed by atoms with Crippen molar-refractivity contribution in [2.45, 2.75) is 5.41 Å². The highest BCUT2D eigenvalue weighted by Crippen LogP contribution is 2.67. The molecule has 2 aliphatic carbocycles. The minimum Gasteiger partial charge on any atom is -0.0619 e. The molecule has 0 radical (unpaired) electrons. The van der Waals surface area contributed by atoms with Gasteiger partial charge >= 0.3 is 0 Å². The van der Waals surface area contributed by atoms with E-state index >= 15 is 0 Å². The zero-order valence-electron chi connectivity index (χ0n) is 32.1. The predicted molar refractivity (Wildman–Crippen MR) is 251 cm³/mol. The molecule has 0 heterocycles. The van der Waals surface area contributed by atoms with Crippen LogP contribution in [-0.2, 0) is 5.41 Å². The van der Waals surface area contributed by atoms with Crippen LogP contribution in [0.3, 0.4) is 0 Å². The number of hydrogen-bond acceptors (Lipinski definition) is 0. The highest BCUT2D eigenvalue weighted by Gasteiger charge is 2.54. The van der Waals surface area contributed by atoms with Crippen LogP contribution in [0.4, 0.5) is 0 Å². The Balaban J connectivity index is 1.15. The Morgan fingerprint density at radius 3 is 1.00 bits per heavy atom. The Morgan fingerprint density at radius 1 is 0.220 bits per heavy atom. The van der Waals surface area contributed by atoms with E-state index < -0.39 is 5.41 Å². The summed E-state index contributed by atoms with van der Waals surface area (Å²) in [5, 5.41) is 18.3. The van der Waals surface area contributed by atoms with Gasteiger partial charge in [-0.3, -0.25) is 0 Å². The summed E-state index contributed by atoms with van der Waals surface area (Å²) >= 11 is 0. The van der Waals surface area contributed by atoms with Gasteiger partial charge in [0.2, 0.25) is 0 Å². The first-order valence-electron chi connectivity index (χ1n) is 20.8. The lowest BCUT2D eigenvalue weighted by molar-refractivity contribution is 0.810. The van der Waals surface area contributed by atoms with E-state index in [9.17, 15) is 0 Å². The zero-order valence-corrected chi connectivity index (χ0v) is 32.1. The topological polar surface area (TPSA) is 0 Å². The molecule has 0 saturated heterocycles. The fourth-order valence-electron chi connectivity index (χ4n) is 11.8. The molecule has 0 saturated carbocycles. The monoisotopic (exact) mass is 742 g/mol. The van der Waals surface area contributed by atoms with Crippen molar-refractivity contribution in [3.05, 3.63) is 229 Å². The molecule has 0 nitrogen and oxygen atoms in total. The first-order chi connectivity index (χ1) is 29.3. The first kappa shape index (κ1) is 31.5. The summed E-state index contributed by atoms with van der Waals surface area (Å²) in [5.74, 6) is 0. The third-order valence-corrected chi connectivity index (χ3v) is 14.0. The summed E-state index contributed by atoms with van der Waals surface area (Å²) in [6, 6.07) is 78.1. The van der Waals surface area contributed by atoms with E-state index in [0.717, 1.165) is 0 Å². The normalized spacial score (nSPS) is 13.6. The second-order valence-corrected chi connectivity index (χ2v) is 16.6. The quantitative estimate of drug-likeness (QED) is 0.147. The van der Waals surface area contributed by atoms with Crippen molar-refractivity contribution in [3.8, 4) is 33.4 Å². The lowest BCUT2D eigenvalue weighted by Gasteiger charge is -2.33. The van der Waals surface area contributed by atoms with Crippen LogP contribution in [0.2, 0.25) is 0 Å². The molecular weight excluding hydrogens is 709 g/mol. The largest absolute Gasteiger partial charge is 0.0738 e. The molecule has 0 unspecified atom stereocenters. The summed E-state index contributed by atoms with van der Waals surface area (Å²) in [6.45, 7) is 0. The van der Waals surface area contributed by atoms with Crippen molar-refractivity contribution < 1.29 is 0 Å². The number of benzene rings is 12. The molecule has 0 bridgehead atoms. The Hall–Kier alpha value is -7.54. The van der Waals surface area contributed by atoms with Crippen LogP contribution in [0.15, 0.2) is 206 Å². The number of hydrogen-bond donors (Lipinski definition) is 0. The van der Waals surface area contributed by atoms with Crippen LogP contribution in [-0.4, -0.2) is 0 Å². The van der Waals surface area contributed by atoms with Gasteiger partial charge in [0.1, 0.15) is 0 Å². The maximum absolute atomic E-state index is 2.49. The minimum absolute atomic E-state index is 0.520. The van der Waals surface area contributed by atoms with Crippen LogP contribution in [0.1, 0.15) is 22.3 Å². The van der Waals surface area contributed by atoms with Gasteiger partial charge in [-0.15, -0.1) is 0 Å². The van der Waals surface area contributed by atoms with Crippen molar-refractivity contribution in [3.63, 3.8) is 0 Å². The average molecular weight is 743 g/mol. The fourth-order valence-corrected chi connectivity index (χ4v) is 11.8. The Bertz CT molecular complexity index is 3760. The van der Waals surface area contributed by atoms with Crippen molar-refractivity contribution >= 4 is 75.4 Å². The average Bonchev–Trinajstić information content (AvgIpc) is 3.80. The fraction of sp³-hybridized carbons (Fsp3) is 0.0169. The van der Waals surface area contributed by atoms with E-state index in [0.29, 0.717) is 0 Å². The van der Waals surface area contributed by atoms with E-state index in [-0.39, 0.29) is 0 Å².